The van der Waals surface area contributed by atoms with Crippen molar-refractivity contribution in [1.82, 2.24) is 9.55 Å². The van der Waals surface area contributed by atoms with Crippen molar-refractivity contribution in [1.29, 1.82) is 0 Å². The van der Waals surface area contributed by atoms with Crippen LogP contribution < -0.4 is 10.9 Å². The number of aliphatic hydroxyl groups is 1. The molecule has 0 unspecified atom stereocenters. The Balaban J connectivity index is 2.05. The van der Waals surface area contributed by atoms with Crippen LogP contribution in [0, 0.1) is 0 Å². The smallest absolute Gasteiger partial charge is 0.293 e. The Bertz CT molecular complexity index is 436. The lowest BCUT2D eigenvalue weighted by atomic mass is 9.93. The Hall–Kier alpha value is -1.36. The van der Waals surface area contributed by atoms with Crippen molar-refractivity contribution in [2.24, 2.45) is 0 Å². The molecule has 18 heavy (non-hydrogen) atoms. The van der Waals surface area contributed by atoms with E-state index >= 15 is 0 Å². The Kier molecular flexibility index (Phi) is 4.36. The van der Waals surface area contributed by atoms with E-state index in [0.717, 1.165) is 38.6 Å². The number of hydrogen-bond acceptors (Lipinski definition) is 4. The van der Waals surface area contributed by atoms with Crippen molar-refractivity contribution in [2.75, 3.05) is 5.32 Å². The highest BCUT2D eigenvalue weighted by molar-refractivity contribution is 5.32. The Morgan fingerprint density at radius 3 is 2.83 bits per heavy atom. The van der Waals surface area contributed by atoms with Gasteiger partial charge in [-0.3, -0.25) is 4.79 Å². The van der Waals surface area contributed by atoms with Gasteiger partial charge < -0.3 is 15.0 Å². The van der Waals surface area contributed by atoms with Gasteiger partial charge in [-0.15, -0.1) is 0 Å². The molecule has 1 aliphatic rings. The van der Waals surface area contributed by atoms with Gasteiger partial charge in [0.2, 0.25) is 0 Å². The van der Waals surface area contributed by atoms with Crippen LogP contribution in [0.15, 0.2) is 17.2 Å². The summed E-state index contributed by atoms with van der Waals surface area (Å²) < 4.78 is 1.69. The minimum absolute atomic E-state index is 0.0505. The van der Waals surface area contributed by atoms with Crippen molar-refractivity contribution >= 4 is 5.82 Å². The Labute approximate surface area is 107 Å². The summed E-state index contributed by atoms with van der Waals surface area (Å²) in [4.78, 5) is 16.2. The predicted octanol–water partition coefficient (Wildman–Crippen LogP) is 1.37. The van der Waals surface area contributed by atoms with Gasteiger partial charge in [0.1, 0.15) is 0 Å². The van der Waals surface area contributed by atoms with Crippen molar-refractivity contribution < 1.29 is 5.11 Å². The van der Waals surface area contributed by atoms with Crippen LogP contribution in [0.1, 0.15) is 39.0 Å². The molecule has 100 valence electrons. The van der Waals surface area contributed by atoms with E-state index in [1.165, 1.54) is 0 Å². The van der Waals surface area contributed by atoms with E-state index in [4.69, 9.17) is 0 Å². The molecule has 0 atom stereocenters. The first kappa shape index (κ1) is 13.1. The van der Waals surface area contributed by atoms with Gasteiger partial charge >= 0.3 is 0 Å². The molecule has 2 N–H and O–H groups in total. The van der Waals surface area contributed by atoms with Crippen LogP contribution in [0.2, 0.25) is 0 Å². The average Bonchev–Trinajstić information content (AvgIpc) is 2.37. The molecular formula is C13H21N3O2. The maximum atomic E-state index is 12.1. The third-order valence-corrected chi connectivity index (χ3v) is 3.42. The zero-order chi connectivity index (χ0) is 13.0. The van der Waals surface area contributed by atoms with Gasteiger partial charge in [0.15, 0.2) is 5.82 Å². The minimum atomic E-state index is -0.177. The molecule has 0 bridgehead atoms. The summed E-state index contributed by atoms with van der Waals surface area (Å²) >= 11 is 0. The zero-order valence-electron chi connectivity index (χ0n) is 10.8. The molecule has 0 aliphatic heterocycles. The van der Waals surface area contributed by atoms with E-state index in [2.05, 4.69) is 10.3 Å². The van der Waals surface area contributed by atoms with Crippen LogP contribution in [0.3, 0.4) is 0 Å². The molecule has 1 aromatic rings. The molecular weight excluding hydrogens is 230 g/mol. The highest BCUT2D eigenvalue weighted by Crippen LogP contribution is 2.20. The van der Waals surface area contributed by atoms with E-state index < -0.39 is 0 Å². The molecule has 1 saturated carbocycles. The fourth-order valence-electron chi connectivity index (χ4n) is 2.38. The third-order valence-electron chi connectivity index (χ3n) is 3.42. The van der Waals surface area contributed by atoms with Crippen LogP contribution >= 0.6 is 0 Å². The number of nitrogens with one attached hydrogen (secondary N) is 1. The molecule has 0 saturated heterocycles. The molecule has 5 heteroatoms. The van der Waals surface area contributed by atoms with E-state index in [-0.39, 0.29) is 17.7 Å². The molecule has 5 nitrogen and oxygen atoms in total. The van der Waals surface area contributed by atoms with E-state index in [9.17, 15) is 9.90 Å². The summed E-state index contributed by atoms with van der Waals surface area (Å²) in [5, 5.41) is 12.7. The number of nitrogens with zero attached hydrogens (tertiary/aromatic N) is 2. The Morgan fingerprint density at radius 1 is 1.44 bits per heavy atom. The van der Waals surface area contributed by atoms with Crippen molar-refractivity contribution in [3.63, 3.8) is 0 Å². The summed E-state index contributed by atoms with van der Waals surface area (Å²) in [6, 6.07) is 0.256. The number of aryl methyl sites for hydroxylation is 1. The second kappa shape index (κ2) is 6.00. The van der Waals surface area contributed by atoms with Crippen LogP contribution in [0.25, 0.3) is 0 Å². The average molecular weight is 251 g/mol. The van der Waals surface area contributed by atoms with Crippen LogP contribution in [-0.2, 0) is 6.54 Å². The van der Waals surface area contributed by atoms with E-state index in [1.807, 2.05) is 6.92 Å². The second-order valence-electron chi connectivity index (χ2n) is 4.92. The predicted molar refractivity (Wildman–Crippen MR) is 70.7 cm³/mol. The van der Waals surface area contributed by atoms with Gasteiger partial charge in [0, 0.05) is 25.0 Å². The molecule has 1 heterocycles. The number of anilines is 1. The molecule has 1 fully saturated rings. The number of aromatic nitrogens is 2. The molecule has 0 radical (unpaired) electrons. The van der Waals surface area contributed by atoms with Gasteiger partial charge in [-0.1, -0.05) is 6.92 Å². The molecule has 2 rings (SSSR count). The van der Waals surface area contributed by atoms with Gasteiger partial charge in [-0.05, 0) is 32.1 Å². The molecule has 1 aliphatic carbocycles. The molecule has 0 aromatic carbocycles. The number of rotatable bonds is 4. The standard InChI is InChI=1S/C13H21N3O2/c1-2-8-16-9-7-14-12(13(16)18)15-10-3-5-11(17)6-4-10/h7,9-11,17H,2-6,8H2,1H3,(H,14,15). The van der Waals surface area contributed by atoms with Crippen LogP contribution in [-0.4, -0.2) is 26.8 Å². The normalized spacial score (nSPS) is 23.9. The van der Waals surface area contributed by atoms with Gasteiger partial charge in [0.25, 0.3) is 5.56 Å². The molecule has 1 aromatic heterocycles. The summed E-state index contributed by atoms with van der Waals surface area (Å²) in [6.45, 7) is 2.77. The first-order chi connectivity index (χ1) is 8.70. The monoisotopic (exact) mass is 251 g/mol. The maximum Gasteiger partial charge on any atom is 0.293 e. The van der Waals surface area contributed by atoms with Crippen LogP contribution in [0.4, 0.5) is 5.82 Å². The maximum absolute atomic E-state index is 12.1. The number of hydrogen-bond donors (Lipinski definition) is 2. The van der Waals surface area contributed by atoms with Crippen molar-refractivity contribution in [2.45, 2.75) is 57.7 Å². The fraction of sp³-hybridized carbons (Fsp3) is 0.692. The first-order valence-electron chi connectivity index (χ1n) is 6.70. The SMILES string of the molecule is CCCn1ccnc(NC2CCC(O)CC2)c1=O. The highest BCUT2D eigenvalue weighted by Gasteiger charge is 2.20. The fourth-order valence-corrected chi connectivity index (χ4v) is 2.38. The summed E-state index contributed by atoms with van der Waals surface area (Å²) in [6.07, 6.45) is 7.53. The molecule has 0 amide bonds. The Morgan fingerprint density at radius 2 is 2.17 bits per heavy atom. The third kappa shape index (κ3) is 3.10. The topological polar surface area (TPSA) is 67.2 Å². The lowest BCUT2D eigenvalue weighted by molar-refractivity contribution is 0.126. The first-order valence-corrected chi connectivity index (χ1v) is 6.70. The second-order valence-corrected chi connectivity index (χ2v) is 4.92. The van der Waals surface area contributed by atoms with Gasteiger partial charge in [-0.2, -0.15) is 0 Å². The van der Waals surface area contributed by atoms with Gasteiger partial charge in [-0.25, -0.2) is 4.98 Å². The highest BCUT2D eigenvalue weighted by atomic mass is 16.3. The number of aliphatic hydroxyl groups excluding tert-OH is 1. The zero-order valence-corrected chi connectivity index (χ0v) is 10.8. The summed E-state index contributed by atoms with van der Waals surface area (Å²) in [5.41, 5.74) is -0.0505. The molecule has 0 spiro atoms. The van der Waals surface area contributed by atoms with E-state index in [1.54, 1.807) is 17.0 Å². The summed E-state index contributed by atoms with van der Waals surface area (Å²) in [5.74, 6) is 0.437. The summed E-state index contributed by atoms with van der Waals surface area (Å²) in [7, 11) is 0. The lowest BCUT2D eigenvalue weighted by Crippen LogP contribution is -2.32. The van der Waals surface area contributed by atoms with Crippen LogP contribution in [0.5, 0.6) is 0 Å². The lowest BCUT2D eigenvalue weighted by Gasteiger charge is -2.26. The van der Waals surface area contributed by atoms with E-state index in [0.29, 0.717) is 5.82 Å². The van der Waals surface area contributed by atoms with Crippen molar-refractivity contribution in [3.8, 4) is 0 Å². The minimum Gasteiger partial charge on any atom is -0.393 e. The van der Waals surface area contributed by atoms with Gasteiger partial charge in [0.05, 0.1) is 6.10 Å². The quantitative estimate of drug-likeness (QED) is 0.848. The van der Waals surface area contributed by atoms with Crippen molar-refractivity contribution in [3.05, 3.63) is 22.7 Å². The largest absolute Gasteiger partial charge is 0.393 e.